The minimum atomic E-state index is -0.00352. The molecule has 13 heavy (non-hydrogen) atoms. The average molecular weight is 197 g/mol. The van der Waals surface area contributed by atoms with E-state index in [1.165, 1.54) is 11.3 Å². The fraction of sp³-hybridized carbons (Fsp3) is 0.500. The van der Waals surface area contributed by atoms with Gasteiger partial charge in [0.15, 0.2) is 0 Å². The second-order valence-corrected chi connectivity index (χ2v) is 3.92. The van der Waals surface area contributed by atoms with Crippen LogP contribution in [0.25, 0.3) is 0 Å². The van der Waals surface area contributed by atoms with Crippen molar-refractivity contribution in [2.75, 3.05) is 13.1 Å². The van der Waals surface area contributed by atoms with Crippen LogP contribution in [0.15, 0.2) is 11.7 Å². The summed E-state index contributed by atoms with van der Waals surface area (Å²) in [5.74, 6) is -0.00352. The lowest BCUT2D eigenvalue weighted by molar-refractivity contribution is 0.0944. The van der Waals surface area contributed by atoms with Gasteiger partial charge in [-0.25, -0.2) is 0 Å². The van der Waals surface area contributed by atoms with E-state index in [0.717, 1.165) is 19.5 Å². The summed E-state index contributed by atoms with van der Waals surface area (Å²) < 4.78 is 0. The maximum atomic E-state index is 11.5. The maximum Gasteiger partial charge on any atom is 0.263 e. The standard InChI is InChI=1S/C8H11N3OS/c12-8(7-4-10-5-13-7)11-6-1-2-9-3-6/h4-6,9H,1-3H2,(H,11,12). The summed E-state index contributed by atoms with van der Waals surface area (Å²) in [5, 5.41) is 6.15. The van der Waals surface area contributed by atoms with Crippen molar-refractivity contribution in [1.82, 2.24) is 15.6 Å². The minimum Gasteiger partial charge on any atom is -0.347 e. The van der Waals surface area contributed by atoms with Crippen molar-refractivity contribution in [3.8, 4) is 0 Å². The SMILES string of the molecule is O=C(NC1CCNC1)c1cncs1. The molecule has 1 atom stereocenters. The zero-order valence-electron chi connectivity index (χ0n) is 7.12. The molecule has 70 valence electrons. The van der Waals surface area contributed by atoms with Gasteiger partial charge in [0.25, 0.3) is 5.91 Å². The number of nitrogens with zero attached hydrogens (tertiary/aromatic N) is 1. The van der Waals surface area contributed by atoms with E-state index in [9.17, 15) is 4.79 Å². The highest BCUT2D eigenvalue weighted by Gasteiger charge is 2.17. The van der Waals surface area contributed by atoms with Gasteiger partial charge in [0.05, 0.1) is 11.7 Å². The van der Waals surface area contributed by atoms with Gasteiger partial charge in [0.1, 0.15) is 4.88 Å². The molecular formula is C8H11N3OS. The predicted molar refractivity (Wildman–Crippen MR) is 50.9 cm³/mol. The van der Waals surface area contributed by atoms with Gasteiger partial charge in [-0.15, -0.1) is 11.3 Å². The Morgan fingerprint density at radius 2 is 2.69 bits per heavy atom. The summed E-state index contributed by atoms with van der Waals surface area (Å²) in [4.78, 5) is 16.0. The molecule has 2 N–H and O–H groups in total. The normalized spacial score (nSPS) is 21.7. The van der Waals surface area contributed by atoms with Crippen molar-refractivity contribution in [2.45, 2.75) is 12.5 Å². The van der Waals surface area contributed by atoms with E-state index in [2.05, 4.69) is 15.6 Å². The van der Waals surface area contributed by atoms with Crippen LogP contribution in [0, 0.1) is 0 Å². The molecule has 1 saturated heterocycles. The summed E-state index contributed by atoms with van der Waals surface area (Å²) in [6.07, 6.45) is 2.62. The summed E-state index contributed by atoms with van der Waals surface area (Å²) in [5.41, 5.74) is 1.67. The zero-order valence-corrected chi connectivity index (χ0v) is 7.93. The number of aromatic nitrogens is 1. The van der Waals surface area contributed by atoms with Gasteiger partial charge in [-0.2, -0.15) is 0 Å². The summed E-state index contributed by atoms with van der Waals surface area (Å²) in [7, 11) is 0. The van der Waals surface area contributed by atoms with Crippen LogP contribution in [0.5, 0.6) is 0 Å². The minimum absolute atomic E-state index is 0.00352. The highest BCUT2D eigenvalue weighted by Crippen LogP contribution is 2.06. The Morgan fingerprint density at radius 1 is 1.77 bits per heavy atom. The monoisotopic (exact) mass is 197 g/mol. The molecule has 1 aromatic heterocycles. The summed E-state index contributed by atoms with van der Waals surface area (Å²) in [6.45, 7) is 1.87. The molecule has 5 heteroatoms. The van der Waals surface area contributed by atoms with Crippen molar-refractivity contribution in [1.29, 1.82) is 0 Å². The van der Waals surface area contributed by atoms with Crippen LogP contribution >= 0.6 is 11.3 Å². The van der Waals surface area contributed by atoms with Gasteiger partial charge in [-0.3, -0.25) is 9.78 Å². The topological polar surface area (TPSA) is 54.0 Å². The van der Waals surface area contributed by atoms with Crippen molar-refractivity contribution in [2.24, 2.45) is 0 Å². The van der Waals surface area contributed by atoms with Crippen LogP contribution in [0.1, 0.15) is 16.1 Å². The number of carbonyl (C=O) groups excluding carboxylic acids is 1. The Morgan fingerprint density at radius 3 is 3.31 bits per heavy atom. The number of rotatable bonds is 2. The Bertz CT molecular complexity index is 280. The largest absolute Gasteiger partial charge is 0.347 e. The molecule has 1 aromatic rings. The molecule has 0 spiro atoms. The van der Waals surface area contributed by atoms with Crippen molar-refractivity contribution in [3.63, 3.8) is 0 Å². The third-order valence-electron chi connectivity index (χ3n) is 2.05. The molecule has 0 aromatic carbocycles. The lowest BCUT2D eigenvalue weighted by Crippen LogP contribution is -2.35. The zero-order chi connectivity index (χ0) is 9.10. The first-order chi connectivity index (χ1) is 6.36. The molecule has 1 amide bonds. The van der Waals surface area contributed by atoms with Gasteiger partial charge >= 0.3 is 0 Å². The first kappa shape index (κ1) is 8.65. The summed E-state index contributed by atoms with van der Waals surface area (Å²) >= 11 is 1.37. The Labute approximate surface area is 80.4 Å². The lowest BCUT2D eigenvalue weighted by atomic mass is 10.2. The molecule has 0 bridgehead atoms. The van der Waals surface area contributed by atoms with Crippen LogP contribution in [0.3, 0.4) is 0 Å². The van der Waals surface area contributed by atoms with E-state index in [-0.39, 0.29) is 11.9 Å². The van der Waals surface area contributed by atoms with E-state index in [1.807, 2.05) is 0 Å². The van der Waals surface area contributed by atoms with Gasteiger partial charge in [0, 0.05) is 12.6 Å². The number of amides is 1. The molecule has 2 rings (SSSR count). The number of nitrogens with one attached hydrogen (secondary N) is 2. The number of hydrogen-bond donors (Lipinski definition) is 2. The third-order valence-corrected chi connectivity index (χ3v) is 2.82. The molecule has 1 unspecified atom stereocenters. The first-order valence-corrected chi connectivity index (χ1v) is 5.14. The van der Waals surface area contributed by atoms with E-state index < -0.39 is 0 Å². The molecule has 4 nitrogen and oxygen atoms in total. The second kappa shape index (κ2) is 3.85. The van der Waals surface area contributed by atoms with Gasteiger partial charge < -0.3 is 10.6 Å². The third kappa shape index (κ3) is 2.05. The highest BCUT2D eigenvalue weighted by molar-refractivity contribution is 7.11. The van der Waals surface area contributed by atoms with E-state index in [0.29, 0.717) is 4.88 Å². The fourth-order valence-electron chi connectivity index (χ4n) is 1.36. The molecule has 2 heterocycles. The fourth-order valence-corrected chi connectivity index (χ4v) is 1.89. The van der Waals surface area contributed by atoms with Crippen LogP contribution in [0.4, 0.5) is 0 Å². The maximum absolute atomic E-state index is 11.5. The Kier molecular flexibility index (Phi) is 2.56. The molecule has 1 aliphatic rings. The summed E-state index contributed by atoms with van der Waals surface area (Å²) in [6, 6.07) is 0.287. The molecule has 1 fully saturated rings. The van der Waals surface area contributed by atoms with Crippen molar-refractivity contribution < 1.29 is 4.79 Å². The lowest BCUT2D eigenvalue weighted by Gasteiger charge is -2.09. The van der Waals surface area contributed by atoms with E-state index in [4.69, 9.17) is 0 Å². The van der Waals surface area contributed by atoms with Gasteiger partial charge in [0.2, 0.25) is 0 Å². The van der Waals surface area contributed by atoms with Crippen LogP contribution < -0.4 is 10.6 Å². The molecule has 1 aliphatic heterocycles. The van der Waals surface area contributed by atoms with E-state index in [1.54, 1.807) is 11.7 Å². The van der Waals surface area contributed by atoms with Crippen molar-refractivity contribution in [3.05, 3.63) is 16.6 Å². The molecule has 0 saturated carbocycles. The highest BCUT2D eigenvalue weighted by atomic mass is 32.1. The van der Waals surface area contributed by atoms with E-state index >= 15 is 0 Å². The number of thiazole rings is 1. The van der Waals surface area contributed by atoms with Crippen LogP contribution in [-0.4, -0.2) is 30.0 Å². The predicted octanol–water partition coefficient (Wildman–Crippen LogP) is 0.235. The Balaban J connectivity index is 1.91. The number of hydrogen-bond acceptors (Lipinski definition) is 4. The quantitative estimate of drug-likeness (QED) is 0.714. The van der Waals surface area contributed by atoms with Crippen molar-refractivity contribution >= 4 is 17.2 Å². The van der Waals surface area contributed by atoms with Gasteiger partial charge in [-0.1, -0.05) is 0 Å². The smallest absolute Gasteiger partial charge is 0.263 e. The van der Waals surface area contributed by atoms with Crippen LogP contribution in [-0.2, 0) is 0 Å². The molecule has 0 aliphatic carbocycles. The second-order valence-electron chi connectivity index (χ2n) is 3.03. The Hall–Kier alpha value is -0.940. The molecule has 0 radical (unpaired) electrons. The van der Waals surface area contributed by atoms with Crippen LogP contribution in [0.2, 0.25) is 0 Å². The first-order valence-electron chi connectivity index (χ1n) is 4.26. The van der Waals surface area contributed by atoms with Gasteiger partial charge in [-0.05, 0) is 13.0 Å². The molecular weight excluding hydrogens is 186 g/mol. The average Bonchev–Trinajstić information content (AvgIpc) is 2.74. The number of carbonyl (C=O) groups is 1.